The van der Waals surface area contributed by atoms with Gasteiger partial charge in [-0.15, -0.1) is 0 Å². The van der Waals surface area contributed by atoms with Crippen LogP contribution in [0.2, 0.25) is 0 Å². The minimum Gasteiger partial charge on any atom is -0.338 e. The van der Waals surface area contributed by atoms with E-state index in [0.29, 0.717) is 11.2 Å². The van der Waals surface area contributed by atoms with E-state index in [9.17, 15) is 9.59 Å². The largest absolute Gasteiger partial charge is 0.351 e. The Morgan fingerprint density at radius 2 is 1.69 bits per heavy atom. The van der Waals surface area contributed by atoms with Crippen LogP contribution in [0.1, 0.15) is 0 Å². The molecule has 0 bridgehead atoms. The summed E-state index contributed by atoms with van der Waals surface area (Å²) < 4.78 is 0. The van der Waals surface area contributed by atoms with Crippen LogP contribution in [-0.4, -0.2) is 19.9 Å². The van der Waals surface area contributed by atoms with E-state index >= 15 is 0 Å². The number of para-hydroxylation sites is 1. The number of fused-ring (bicyclic) bond motifs is 3. The van der Waals surface area contributed by atoms with E-state index in [0.717, 1.165) is 10.9 Å². The molecule has 3 aromatic rings. The van der Waals surface area contributed by atoms with Crippen molar-refractivity contribution in [2.24, 2.45) is 0 Å². The number of aromatic amines is 2. The molecule has 0 amide bonds. The van der Waals surface area contributed by atoms with Crippen molar-refractivity contribution >= 4 is 22.1 Å². The second kappa shape index (κ2) is 2.99. The molecule has 16 heavy (non-hydrogen) atoms. The van der Waals surface area contributed by atoms with Crippen molar-refractivity contribution in [1.82, 2.24) is 19.9 Å². The summed E-state index contributed by atoms with van der Waals surface area (Å²) in [6.45, 7) is 0. The zero-order chi connectivity index (χ0) is 11.1. The van der Waals surface area contributed by atoms with Gasteiger partial charge >= 0.3 is 11.4 Å². The second-order valence-corrected chi connectivity index (χ2v) is 3.33. The first kappa shape index (κ1) is 8.78. The standard InChI is InChI=1S/C10H6N4O2/c15-9-12-7-5-3-1-2-4-6(5)11-8(7)13-10(16)14-9/h1-4H,(H2,11,12,13,14,15,16). The molecule has 78 valence electrons. The van der Waals surface area contributed by atoms with Crippen molar-refractivity contribution in [3.05, 3.63) is 45.2 Å². The third-order valence-electron chi connectivity index (χ3n) is 2.30. The molecule has 0 unspecified atom stereocenters. The van der Waals surface area contributed by atoms with Crippen molar-refractivity contribution in [2.75, 3.05) is 0 Å². The highest BCUT2D eigenvalue weighted by Crippen LogP contribution is 2.19. The van der Waals surface area contributed by atoms with Gasteiger partial charge in [0.15, 0.2) is 5.65 Å². The molecular formula is C10H6N4O2. The first-order valence-corrected chi connectivity index (χ1v) is 4.63. The highest BCUT2D eigenvalue weighted by molar-refractivity contribution is 6.02. The zero-order valence-electron chi connectivity index (χ0n) is 8.02. The van der Waals surface area contributed by atoms with Gasteiger partial charge in [-0.25, -0.2) is 9.59 Å². The maximum absolute atomic E-state index is 11.2. The minimum absolute atomic E-state index is 0.310. The maximum Gasteiger partial charge on any atom is 0.351 e. The van der Waals surface area contributed by atoms with Gasteiger partial charge < -0.3 is 4.98 Å². The van der Waals surface area contributed by atoms with Crippen LogP contribution >= 0.6 is 0 Å². The highest BCUT2D eigenvalue weighted by atomic mass is 16.2. The van der Waals surface area contributed by atoms with Gasteiger partial charge in [0.25, 0.3) is 0 Å². The molecule has 0 saturated carbocycles. The Bertz CT molecular complexity index is 803. The Balaban J connectivity index is 2.69. The molecule has 2 aromatic heterocycles. The third kappa shape index (κ3) is 1.20. The molecule has 0 spiro atoms. The zero-order valence-corrected chi connectivity index (χ0v) is 8.02. The van der Waals surface area contributed by atoms with E-state index in [4.69, 9.17) is 0 Å². The van der Waals surface area contributed by atoms with E-state index in [1.807, 2.05) is 29.2 Å². The molecule has 0 aliphatic rings. The van der Waals surface area contributed by atoms with Crippen LogP contribution in [-0.2, 0) is 0 Å². The van der Waals surface area contributed by atoms with E-state index in [2.05, 4.69) is 15.0 Å². The van der Waals surface area contributed by atoms with Gasteiger partial charge in [-0.2, -0.15) is 9.97 Å². The Hall–Kier alpha value is -2.50. The van der Waals surface area contributed by atoms with Gasteiger partial charge in [-0.05, 0) is 6.07 Å². The molecule has 2 heterocycles. The van der Waals surface area contributed by atoms with Gasteiger partial charge in [-0.1, -0.05) is 18.2 Å². The van der Waals surface area contributed by atoms with Crippen molar-refractivity contribution in [3.63, 3.8) is 0 Å². The third-order valence-corrected chi connectivity index (χ3v) is 2.30. The van der Waals surface area contributed by atoms with Crippen molar-refractivity contribution in [2.45, 2.75) is 0 Å². The number of rotatable bonds is 0. The second-order valence-electron chi connectivity index (χ2n) is 3.33. The first-order valence-electron chi connectivity index (χ1n) is 4.63. The van der Waals surface area contributed by atoms with E-state index in [-0.39, 0.29) is 0 Å². The molecule has 0 fully saturated rings. The monoisotopic (exact) mass is 214 g/mol. The molecule has 2 N–H and O–H groups in total. The van der Waals surface area contributed by atoms with Crippen LogP contribution in [0.25, 0.3) is 22.1 Å². The summed E-state index contributed by atoms with van der Waals surface area (Å²) in [7, 11) is 0. The average molecular weight is 214 g/mol. The molecule has 0 saturated heterocycles. The number of aromatic nitrogens is 4. The Labute approximate surface area is 88.0 Å². The maximum atomic E-state index is 11.2. The summed E-state index contributed by atoms with van der Waals surface area (Å²) in [5, 5.41) is 0.770. The molecule has 3 rings (SSSR count). The van der Waals surface area contributed by atoms with E-state index in [1.54, 1.807) is 0 Å². The van der Waals surface area contributed by atoms with E-state index in [1.165, 1.54) is 0 Å². The fourth-order valence-electron chi connectivity index (χ4n) is 1.66. The molecule has 6 nitrogen and oxygen atoms in total. The lowest BCUT2D eigenvalue weighted by molar-refractivity contribution is 1.05. The topological polar surface area (TPSA) is 91.5 Å². The quantitative estimate of drug-likeness (QED) is 0.557. The SMILES string of the molecule is O=c1nc2[nH]c3ccccc3c2nc(=O)[nH]1. The lowest BCUT2D eigenvalue weighted by Gasteiger charge is -1.84. The highest BCUT2D eigenvalue weighted by Gasteiger charge is 2.05. The lowest BCUT2D eigenvalue weighted by Crippen LogP contribution is -2.17. The van der Waals surface area contributed by atoms with Crippen LogP contribution in [0.3, 0.4) is 0 Å². The van der Waals surface area contributed by atoms with Crippen LogP contribution in [0.15, 0.2) is 33.9 Å². The fraction of sp³-hybridized carbons (Fsp3) is 0. The van der Waals surface area contributed by atoms with Crippen molar-refractivity contribution < 1.29 is 0 Å². The number of benzene rings is 1. The van der Waals surface area contributed by atoms with E-state index < -0.39 is 11.4 Å². The number of hydrogen-bond acceptors (Lipinski definition) is 4. The Morgan fingerprint density at radius 3 is 2.56 bits per heavy atom. The lowest BCUT2D eigenvalue weighted by atomic mass is 10.2. The fourth-order valence-corrected chi connectivity index (χ4v) is 1.66. The van der Waals surface area contributed by atoms with Gasteiger partial charge in [0.05, 0.1) is 0 Å². The van der Waals surface area contributed by atoms with Gasteiger partial charge in [0.2, 0.25) is 0 Å². The van der Waals surface area contributed by atoms with Gasteiger partial charge in [-0.3, -0.25) is 4.98 Å². The van der Waals surface area contributed by atoms with Crippen LogP contribution in [0, 0.1) is 0 Å². The van der Waals surface area contributed by atoms with Crippen molar-refractivity contribution in [3.8, 4) is 0 Å². The van der Waals surface area contributed by atoms with Gasteiger partial charge in [0.1, 0.15) is 5.52 Å². The predicted molar refractivity (Wildman–Crippen MR) is 58.3 cm³/mol. The summed E-state index contributed by atoms with van der Waals surface area (Å²) in [5.41, 5.74) is 0.0994. The number of H-pyrrole nitrogens is 2. The molecule has 6 heteroatoms. The Kier molecular flexibility index (Phi) is 1.64. The van der Waals surface area contributed by atoms with Crippen LogP contribution < -0.4 is 11.4 Å². The molecule has 0 radical (unpaired) electrons. The first-order chi connectivity index (χ1) is 7.74. The summed E-state index contributed by atoms with van der Waals surface area (Å²) in [6.07, 6.45) is 0. The van der Waals surface area contributed by atoms with Crippen LogP contribution in [0.5, 0.6) is 0 Å². The Morgan fingerprint density at radius 1 is 0.938 bits per heavy atom. The molecule has 0 atom stereocenters. The number of nitrogens with one attached hydrogen (secondary N) is 2. The molecule has 0 aliphatic heterocycles. The molecule has 0 aliphatic carbocycles. The number of nitrogens with zero attached hydrogens (tertiary/aromatic N) is 2. The smallest absolute Gasteiger partial charge is 0.338 e. The summed E-state index contributed by atoms with van der Waals surface area (Å²) in [6, 6.07) is 7.32. The average Bonchev–Trinajstić information content (AvgIpc) is 2.49. The molecular weight excluding hydrogens is 208 g/mol. The molecule has 1 aromatic carbocycles. The van der Waals surface area contributed by atoms with Crippen LogP contribution in [0.4, 0.5) is 0 Å². The normalized spacial score (nSPS) is 11.0. The van der Waals surface area contributed by atoms with Crippen molar-refractivity contribution in [1.29, 1.82) is 0 Å². The number of hydrogen-bond donors (Lipinski definition) is 2. The summed E-state index contributed by atoms with van der Waals surface area (Å²) >= 11 is 0. The van der Waals surface area contributed by atoms with Gasteiger partial charge in [0, 0.05) is 10.9 Å². The summed E-state index contributed by atoms with van der Waals surface area (Å²) in [4.78, 5) is 34.8. The summed E-state index contributed by atoms with van der Waals surface area (Å²) in [5.74, 6) is 0. The predicted octanol–water partition coefficient (Wildman–Crippen LogP) is 0.160. The minimum atomic E-state index is -0.709.